The first-order valence-electron chi connectivity index (χ1n) is 8.27. The Balaban J connectivity index is 1.62. The zero-order chi connectivity index (χ0) is 14.7. The molecule has 1 amide bonds. The molecule has 0 unspecified atom stereocenters. The highest BCUT2D eigenvalue weighted by Crippen LogP contribution is 2.27. The molecular weight excluding hydrogens is 260 g/mol. The highest BCUT2D eigenvalue weighted by molar-refractivity contribution is 5.94. The van der Waals surface area contributed by atoms with Gasteiger partial charge in [-0.05, 0) is 80.3 Å². The number of benzene rings is 1. The van der Waals surface area contributed by atoms with Crippen molar-refractivity contribution >= 4 is 5.91 Å². The van der Waals surface area contributed by atoms with Crippen molar-refractivity contribution in [3.05, 3.63) is 34.9 Å². The van der Waals surface area contributed by atoms with Crippen LogP contribution in [0.2, 0.25) is 0 Å². The number of hydrogen-bond acceptors (Lipinski definition) is 2. The van der Waals surface area contributed by atoms with Gasteiger partial charge in [-0.25, -0.2) is 0 Å². The van der Waals surface area contributed by atoms with E-state index in [0.717, 1.165) is 44.5 Å². The van der Waals surface area contributed by atoms with Gasteiger partial charge in [-0.2, -0.15) is 0 Å². The van der Waals surface area contributed by atoms with Gasteiger partial charge in [0.15, 0.2) is 0 Å². The Labute approximate surface area is 127 Å². The minimum atomic E-state index is 0.0862. The molecule has 0 bridgehead atoms. The van der Waals surface area contributed by atoms with Crippen LogP contribution < -0.4 is 10.6 Å². The van der Waals surface area contributed by atoms with E-state index in [1.54, 1.807) is 0 Å². The highest BCUT2D eigenvalue weighted by atomic mass is 16.1. The molecule has 0 spiro atoms. The zero-order valence-corrected chi connectivity index (χ0v) is 13.0. The lowest BCUT2D eigenvalue weighted by atomic mass is 9.81. The molecule has 1 aliphatic heterocycles. The second-order valence-corrected chi connectivity index (χ2v) is 6.93. The Hall–Kier alpha value is -1.35. The lowest BCUT2D eigenvalue weighted by Crippen LogP contribution is -2.42. The quantitative estimate of drug-likeness (QED) is 0.897. The molecule has 2 N–H and O–H groups in total. The van der Waals surface area contributed by atoms with Gasteiger partial charge in [0.1, 0.15) is 0 Å². The summed E-state index contributed by atoms with van der Waals surface area (Å²) in [4.78, 5) is 12.4. The molecule has 21 heavy (non-hydrogen) atoms. The monoisotopic (exact) mass is 286 g/mol. The molecular formula is C18H26N2O. The number of rotatable bonds is 3. The Morgan fingerprint density at radius 1 is 1.19 bits per heavy atom. The maximum absolute atomic E-state index is 12.4. The van der Waals surface area contributed by atoms with E-state index in [0.29, 0.717) is 0 Å². The summed E-state index contributed by atoms with van der Waals surface area (Å²) in [5.74, 6) is 0.0862. The van der Waals surface area contributed by atoms with Crippen LogP contribution in [0.15, 0.2) is 18.2 Å². The first kappa shape index (κ1) is 14.6. The van der Waals surface area contributed by atoms with Crippen molar-refractivity contribution in [2.24, 2.45) is 5.41 Å². The molecule has 2 aliphatic rings. The summed E-state index contributed by atoms with van der Waals surface area (Å²) in [6.07, 6.45) is 7.10. The van der Waals surface area contributed by atoms with Gasteiger partial charge in [-0.15, -0.1) is 0 Å². The van der Waals surface area contributed by atoms with E-state index in [1.165, 1.54) is 30.4 Å². The molecule has 1 saturated heterocycles. The van der Waals surface area contributed by atoms with E-state index in [1.807, 2.05) is 6.07 Å². The minimum absolute atomic E-state index is 0.0862. The van der Waals surface area contributed by atoms with Crippen molar-refractivity contribution in [3.8, 4) is 0 Å². The van der Waals surface area contributed by atoms with Gasteiger partial charge >= 0.3 is 0 Å². The molecule has 1 heterocycles. The maximum atomic E-state index is 12.4. The first-order chi connectivity index (χ1) is 10.2. The minimum Gasteiger partial charge on any atom is -0.351 e. The molecule has 1 aromatic carbocycles. The third-order valence-corrected chi connectivity index (χ3v) is 5.10. The van der Waals surface area contributed by atoms with Gasteiger partial charge in [0.25, 0.3) is 5.91 Å². The van der Waals surface area contributed by atoms with Gasteiger partial charge in [0.2, 0.25) is 0 Å². The van der Waals surface area contributed by atoms with Crippen LogP contribution in [0.1, 0.15) is 54.1 Å². The zero-order valence-electron chi connectivity index (χ0n) is 13.0. The van der Waals surface area contributed by atoms with Gasteiger partial charge in [0, 0.05) is 12.1 Å². The lowest BCUT2D eigenvalue weighted by molar-refractivity contribution is 0.0922. The molecule has 3 nitrogen and oxygen atoms in total. The SMILES string of the molecule is CC1(CNC(=O)c2ccc3c(c2)CCCC3)CCNCC1. The fraction of sp³-hybridized carbons (Fsp3) is 0.611. The number of fused-ring (bicyclic) bond motifs is 1. The Kier molecular flexibility index (Phi) is 4.29. The number of amides is 1. The van der Waals surface area contributed by atoms with Crippen molar-refractivity contribution < 1.29 is 4.79 Å². The largest absolute Gasteiger partial charge is 0.351 e. The summed E-state index contributed by atoms with van der Waals surface area (Å²) >= 11 is 0. The van der Waals surface area contributed by atoms with E-state index in [2.05, 4.69) is 29.7 Å². The third-order valence-electron chi connectivity index (χ3n) is 5.10. The van der Waals surface area contributed by atoms with Gasteiger partial charge in [-0.1, -0.05) is 13.0 Å². The normalized spacial score (nSPS) is 20.6. The predicted molar refractivity (Wildman–Crippen MR) is 85.6 cm³/mol. The van der Waals surface area contributed by atoms with Crippen LogP contribution in [0.5, 0.6) is 0 Å². The van der Waals surface area contributed by atoms with Crippen LogP contribution in [0.3, 0.4) is 0 Å². The van der Waals surface area contributed by atoms with Crippen LogP contribution in [0, 0.1) is 5.41 Å². The summed E-state index contributed by atoms with van der Waals surface area (Å²) in [5.41, 5.74) is 3.88. The van der Waals surface area contributed by atoms with Crippen LogP contribution in [-0.4, -0.2) is 25.5 Å². The number of hydrogen-bond donors (Lipinski definition) is 2. The number of nitrogens with one attached hydrogen (secondary N) is 2. The summed E-state index contributed by atoms with van der Waals surface area (Å²) in [6.45, 7) is 5.18. The summed E-state index contributed by atoms with van der Waals surface area (Å²) in [7, 11) is 0. The van der Waals surface area contributed by atoms with Crippen LogP contribution in [-0.2, 0) is 12.8 Å². The molecule has 1 fully saturated rings. The number of aryl methyl sites for hydroxylation is 2. The van der Waals surface area contributed by atoms with Gasteiger partial charge < -0.3 is 10.6 Å². The van der Waals surface area contributed by atoms with Crippen molar-refractivity contribution in [1.82, 2.24) is 10.6 Å². The standard InChI is InChI=1S/C18H26N2O/c1-18(8-10-19-11-9-18)13-20-17(21)16-7-6-14-4-2-3-5-15(14)12-16/h6-7,12,19H,2-5,8-11,13H2,1H3,(H,20,21). The predicted octanol–water partition coefficient (Wildman–Crippen LogP) is 2.68. The maximum Gasteiger partial charge on any atom is 0.251 e. The second-order valence-electron chi connectivity index (χ2n) is 6.93. The topological polar surface area (TPSA) is 41.1 Å². The first-order valence-corrected chi connectivity index (χ1v) is 8.27. The molecule has 0 radical (unpaired) electrons. The number of carbonyl (C=O) groups is 1. The average Bonchev–Trinajstić information content (AvgIpc) is 2.53. The van der Waals surface area contributed by atoms with Gasteiger partial charge in [-0.3, -0.25) is 4.79 Å². The fourth-order valence-corrected chi connectivity index (χ4v) is 3.48. The van der Waals surface area contributed by atoms with E-state index in [4.69, 9.17) is 0 Å². The average molecular weight is 286 g/mol. The molecule has 0 saturated carbocycles. The lowest BCUT2D eigenvalue weighted by Gasteiger charge is -2.34. The van der Waals surface area contributed by atoms with Crippen LogP contribution in [0.25, 0.3) is 0 Å². The van der Waals surface area contributed by atoms with Crippen LogP contribution in [0.4, 0.5) is 0 Å². The third kappa shape index (κ3) is 3.46. The van der Waals surface area contributed by atoms with Crippen molar-refractivity contribution in [2.45, 2.75) is 45.4 Å². The van der Waals surface area contributed by atoms with E-state index >= 15 is 0 Å². The summed E-state index contributed by atoms with van der Waals surface area (Å²) in [6, 6.07) is 6.24. The molecule has 3 rings (SSSR count). The molecule has 0 aromatic heterocycles. The number of carbonyl (C=O) groups excluding carboxylic acids is 1. The number of piperidine rings is 1. The van der Waals surface area contributed by atoms with E-state index < -0.39 is 0 Å². The summed E-state index contributed by atoms with van der Waals surface area (Å²) in [5, 5.41) is 6.53. The molecule has 1 aliphatic carbocycles. The second kappa shape index (κ2) is 6.18. The van der Waals surface area contributed by atoms with Crippen molar-refractivity contribution in [3.63, 3.8) is 0 Å². The Morgan fingerprint density at radius 3 is 2.67 bits per heavy atom. The van der Waals surface area contributed by atoms with E-state index in [9.17, 15) is 4.79 Å². The van der Waals surface area contributed by atoms with Crippen molar-refractivity contribution in [1.29, 1.82) is 0 Å². The van der Waals surface area contributed by atoms with Gasteiger partial charge in [0.05, 0.1) is 0 Å². The summed E-state index contributed by atoms with van der Waals surface area (Å²) < 4.78 is 0. The highest BCUT2D eigenvalue weighted by Gasteiger charge is 2.27. The van der Waals surface area contributed by atoms with Crippen molar-refractivity contribution in [2.75, 3.05) is 19.6 Å². The smallest absolute Gasteiger partial charge is 0.251 e. The molecule has 3 heteroatoms. The fourth-order valence-electron chi connectivity index (χ4n) is 3.48. The molecule has 114 valence electrons. The van der Waals surface area contributed by atoms with E-state index in [-0.39, 0.29) is 11.3 Å². The van der Waals surface area contributed by atoms with Crippen LogP contribution >= 0.6 is 0 Å². The Bertz CT molecular complexity index is 518. The molecule has 0 atom stereocenters. The Morgan fingerprint density at radius 2 is 1.90 bits per heavy atom. The molecule has 1 aromatic rings.